The van der Waals surface area contributed by atoms with Crippen molar-refractivity contribution in [3.05, 3.63) is 47.8 Å². The van der Waals surface area contributed by atoms with Gasteiger partial charge >= 0.3 is 0 Å². The first-order valence-electron chi connectivity index (χ1n) is 10.1. The standard InChI is InChI=1S/C21H27N5O2.ClH/c1-2-15-4-5-18-17(14-15)16(19(27)25-18)6-10-23-20(28)21(7-11-22-12-8-21)26-13-3-9-24-26;/h3-5,9,13-14,16,22H,2,6-8,10-12H2,1H3,(H,23,28)(H,25,27);1H. The van der Waals surface area contributed by atoms with Crippen molar-refractivity contribution in [2.45, 2.75) is 44.1 Å². The number of fused-ring (bicyclic) bond motifs is 1. The predicted molar refractivity (Wildman–Crippen MR) is 114 cm³/mol. The summed E-state index contributed by atoms with van der Waals surface area (Å²) in [5.41, 5.74) is 2.50. The van der Waals surface area contributed by atoms with Gasteiger partial charge in [0.2, 0.25) is 11.8 Å². The maximum Gasteiger partial charge on any atom is 0.248 e. The minimum atomic E-state index is -0.653. The Bertz CT molecular complexity index is 862. The molecule has 1 atom stereocenters. The average Bonchev–Trinajstić information content (AvgIpc) is 3.36. The summed E-state index contributed by atoms with van der Waals surface area (Å²) in [6, 6.07) is 7.99. The first kappa shape index (κ1) is 21.3. The zero-order valence-electron chi connectivity index (χ0n) is 16.6. The summed E-state index contributed by atoms with van der Waals surface area (Å²) < 4.78 is 1.79. The van der Waals surface area contributed by atoms with Crippen LogP contribution in [0.2, 0.25) is 0 Å². The molecule has 1 unspecified atom stereocenters. The van der Waals surface area contributed by atoms with Crippen LogP contribution in [0.15, 0.2) is 36.7 Å². The van der Waals surface area contributed by atoms with Gasteiger partial charge in [-0.3, -0.25) is 14.3 Å². The van der Waals surface area contributed by atoms with Crippen molar-refractivity contribution in [3.8, 4) is 0 Å². The Morgan fingerprint density at radius 3 is 2.83 bits per heavy atom. The summed E-state index contributed by atoms with van der Waals surface area (Å²) in [5.74, 6) is -0.213. The number of nitrogens with one attached hydrogen (secondary N) is 3. The van der Waals surface area contributed by atoms with Gasteiger partial charge < -0.3 is 16.0 Å². The van der Waals surface area contributed by atoms with E-state index in [9.17, 15) is 9.59 Å². The van der Waals surface area contributed by atoms with Gasteiger partial charge in [0.05, 0.1) is 5.92 Å². The fourth-order valence-electron chi connectivity index (χ4n) is 4.30. The Morgan fingerprint density at radius 1 is 1.34 bits per heavy atom. The van der Waals surface area contributed by atoms with E-state index in [4.69, 9.17) is 0 Å². The number of benzene rings is 1. The molecule has 0 aliphatic carbocycles. The largest absolute Gasteiger partial charge is 0.354 e. The number of hydrogen-bond acceptors (Lipinski definition) is 4. The zero-order valence-corrected chi connectivity index (χ0v) is 17.4. The van der Waals surface area contributed by atoms with Crippen LogP contribution in [0.5, 0.6) is 0 Å². The number of aromatic nitrogens is 2. The van der Waals surface area contributed by atoms with E-state index in [0.29, 0.717) is 25.8 Å². The number of aryl methyl sites for hydroxylation is 1. The van der Waals surface area contributed by atoms with Gasteiger partial charge in [-0.15, -0.1) is 12.4 Å². The number of carbonyl (C=O) groups excluding carboxylic acids is 2. The van der Waals surface area contributed by atoms with Gasteiger partial charge in [0.15, 0.2) is 0 Å². The van der Waals surface area contributed by atoms with Gasteiger partial charge in [0.1, 0.15) is 5.54 Å². The Hall–Kier alpha value is -2.38. The molecule has 3 N–H and O–H groups in total. The Balaban J connectivity index is 0.00000240. The summed E-state index contributed by atoms with van der Waals surface area (Å²) in [6.07, 6.45) is 6.50. The molecule has 0 spiro atoms. The van der Waals surface area contributed by atoms with Crippen molar-refractivity contribution >= 4 is 29.9 Å². The second-order valence-electron chi connectivity index (χ2n) is 7.59. The fraction of sp³-hybridized carbons (Fsp3) is 0.476. The van der Waals surface area contributed by atoms with E-state index in [0.717, 1.165) is 30.8 Å². The van der Waals surface area contributed by atoms with E-state index >= 15 is 0 Å². The van der Waals surface area contributed by atoms with Crippen LogP contribution in [0.1, 0.15) is 43.2 Å². The molecule has 7 nitrogen and oxygen atoms in total. The van der Waals surface area contributed by atoms with Crippen molar-refractivity contribution in [1.29, 1.82) is 0 Å². The Labute approximate surface area is 177 Å². The predicted octanol–water partition coefficient (Wildman–Crippen LogP) is 2.19. The van der Waals surface area contributed by atoms with Crippen molar-refractivity contribution in [2.75, 3.05) is 25.0 Å². The molecular weight excluding hydrogens is 390 g/mol. The van der Waals surface area contributed by atoms with Gasteiger partial charge in [-0.2, -0.15) is 5.10 Å². The van der Waals surface area contributed by atoms with E-state index in [1.54, 1.807) is 10.9 Å². The van der Waals surface area contributed by atoms with Crippen LogP contribution in [0.25, 0.3) is 0 Å². The van der Waals surface area contributed by atoms with Crippen molar-refractivity contribution < 1.29 is 9.59 Å². The summed E-state index contributed by atoms with van der Waals surface area (Å²) in [5, 5.41) is 13.7. The van der Waals surface area contributed by atoms with Crippen LogP contribution in [-0.2, 0) is 21.5 Å². The number of piperidine rings is 1. The average molecular weight is 418 g/mol. The highest BCUT2D eigenvalue weighted by Gasteiger charge is 2.42. The number of carbonyl (C=O) groups is 2. The SMILES string of the molecule is CCc1ccc2c(c1)C(CCNC(=O)C1(n3cccn3)CCNCC1)C(=O)N2.Cl. The van der Waals surface area contributed by atoms with Crippen molar-refractivity contribution in [3.63, 3.8) is 0 Å². The smallest absolute Gasteiger partial charge is 0.248 e. The number of hydrogen-bond donors (Lipinski definition) is 3. The molecule has 2 aliphatic rings. The highest BCUT2D eigenvalue weighted by molar-refractivity contribution is 6.03. The fourth-order valence-corrected chi connectivity index (χ4v) is 4.30. The highest BCUT2D eigenvalue weighted by atomic mass is 35.5. The van der Waals surface area contributed by atoms with E-state index in [1.165, 1.54) is 5.56 Å². The first-order valence-corrected chi connectivity index (χ1v) is 10.1. The van der Waals surface area contributed by atoms with Crippen LogP contribution in [-0.4, -0.2) is 41.2 Å². The minimum absolute atomic E-state index is 0. The van der Waals surface area contributed by atoms with E-state index in [1.807, 2.05) is 24.4 Å². The number of rotatable bonds is 6. The maximum atomic E-state index is 13.1. The molecule has 0 saturated carbocycles. The molecule has 4 rings (SSSR count). The van der Waals surface area contributed by atoms with Gasteiger partial charge in [-0.05, 0) is 62.0 Å². The topological polar surface area (TPSA) is 88.1 Å². The lowest BCUT2D eigenvalue weighted by molar-refractivity contribution is -0.132. The monoisotopic (exact) mass is 417 g/mol. The first-order chi connectivity index (χ1) is 13.6. The van der Waals surface area contributed by atoms with Crippen LogP contribution >= 0.6 is 12.4 Å². The summed E-state index contributed by atoms with van der Waals surface area (Å²) in [4.78, 5) is 25.5. The zero-order chi connectivity index (χ0) is 19.6. The van der Waals surface area contributed by atoms with E-state index in [-0.39, 0.29) is 30.1 Å². The molecule has 29 heavy (non-hydrogen) atoms. The Kier molecular flexibility index (Phi) is 6.59. The molecule has 1 fully saturated rings. The third-order valence-electron chi connectivity index (χ3n) is 5.99. The molecule has 0 radical (unpaired) electrons. The number of anilines is 1. The summed E-state index contributed by atoms with van der Waals surface area (Å²) in [6.45, 7) is 4.13. The third-order valence-corrected chi connectivity index (χ3v) is 5.99. The number of amides is 2. The molecule has 1 aromatic carbocycles. The Morgan fingerprint density at radius 2 is 2.14 bits per heavy atom. The van der Waals surface area contributed by atoms with Gasteiger partial charge in [0, 0.05) is 24.6 Å². The molecular formula is C21H28ClN5O2. The van der Waals surface area contributed by atoms with Crippen molar-refractivity contribution in [1.82, 2.24) is 20.4 Å². The lowest BCUT2D eigenvalue weighted by Gasteiger charge is -2.36. The maximum absolute atomic E-state index is 13.1. The number of halogens is 1. The normalized spacial score (nSPS) is 19.8. The molecule has 0 bridgehead atoms. The minimum Gasteiger partial charge on any atom is -0.354 e. The van der Waals surface area contributed by atoms with Crippen LogP contribution < -0.4 is 16.0 Å². The number of nitrogens with zero attached hydrogens (tertiary/aromatic N) is 2. The van der Waals surface area contributed by atoms with Gasteiger partial charge in [-0.1, -0.05) is 19.1 Å². The van der Waals surface area contributed by atoms with Gasteiger partial charge in [-0.25, -0.2) is 0 Å². The third kappa shape index (κ3) is 4.02. The van der Waals surface area contributed by atoms with Crippen LogP contribution in [0.4, 0.5) is 5.69 Å². The lowest BCUT2D eigenvalue weighted by Crippen LogP contribution is -2.54. The van der Waals surface area contributed by atoms with E-state index in [2.05, 4.69) is 34.0 Å². The molecule has 2 aromatic rings. The lowest BCUT2D eigenvalue weighted by atomic mass is 9.87. The molecule has 2 amide bonds. The van der Waals surface area contributed by atoms with Crippen LogP contribution in [0.3, 0.4) is 0 Å². The van der Waals surface area contributed by atoms with Crippen LogP contribution in [0, 0.1) is 0 Å². The summed E-state index contributed by atoms with van der Waals surface area (Å²) >= 11 is 0. The van der Waals surface area contributed by atoms with E-state index < -0.39 is 5.54 Å². The van der Waals surface area contributed by atoms with Gasteiger partial charge in [0.25, 0.3) is 0 Å². The molecule has 156 valence electrons. The second-order valence-corrected chi connectivity index (χ2v) is 7.59. The second kappa shape index (κ2) is 8.97. The molecule has 3 heterocycles. The molecule has 1 aromatic heterocycles. The molecule has 2 aliphatic heterocycles. The van der Waals surface area contributed by atoms with Crippen molar-refractivity contribution in [2.24, 2.45) is 0 Å². The summed E-state index contributed by atoms with van der Waals surface area (Å²) in [7, 11) is 0. The molecule has 8 heteroatoms. The quantitative estimate of drug-likeness (QED) is 0.672. The molecule has 1 saturated heterocycles. The highest BCUT2D eigenvalue weighted by Crippen LogP contribution is 2.35.